The number of nitrogens with one attached hydrogen (secondary N) is 1. The molecule has 1 aromatic carbocycles. The summed E-state index contributed by atoms with van der Waals surface area (Å²) in [5, 5.41) is 4.13. The molecule has 0 fully saturated rings. The van der Waals surface area contributed by atoms with Gasteiger partial charge in [0.05, 0.1) is 10.6 Å². The van der Waals surface area contributed by atoms with E-state index in [9.17, 15) is 4.79 Å². The Labute approximate surface area is 123 Å². The summed E-state index contributed by atoms with van der Waals surface area (Å²) in [5.41, 5.74) is 0.493. The van der Waals surface area contributed by atoms with Gasteiger partial charge < -0.3 is 5.32 Å². The zero-order chi connectivity index (χ0) is 13.0. The Morgan fingerprint density at radius 2 is 2.12 bits per heavy atom. The van der Waals surface area contributed by atoms with Crippen molar-refractivity contribution in [3.63, 3.8) is 0 Å². The van der Waals surface area contributed by atoms with Crippen molar-refractivity contribution < 1.29 is 4.79 Å². The first-order valence-corrected chi connectivity index (χ1v) is 7.57. The Kier molecular flexibility index (Phi) is 5.97. The molecule has 1 N–H and O–H groups in total. The van der Waals surface area contributed by atoms with Gasteiger partial charge in [-0.1, -0.05) is 47.4 Å². The first kappa shape index (κ1) is 15.0. The minimum absolute atomic E-state index is 0.0950. The number of alkyl halides is 1. The van der Waals surface area contributed by atoms with Crippen molar-refractivity contribution in [3.8, 4) is 0 Å². The average molecular weight is 384 g/mol. The first-order valence-electron chi connectivity index (χ1n) is 5.28. The summed E-state index contributed by atoms with van der Waals surface area (Å²) in [6.45, 7) is 4.13. The van der Waals surface area contributed by atoms with Gasteiger partial charge >= 0.3 is 0 Å². The fraction of sp³-hybridized carbons (Fsp3) is 0.417. The van der Waals surface area contributed by atoms with Crippen molar-refractivity contribution in [2.75, 3.05) is 5.33 Å². The van der Waals surface area contributed by atoms with Crippen LogP contribution in [0.15, 0.2) is 22.7 Å². The van der Waals surface area contributed by atoms with E-state index in [2.05, 4.69) is 51.0 Å². The monoisotopic (exact) mass is 381 g/mol. The lowest BCUT2D eigenvalue weighted by Gasteiger charge is -2.20. The Morgan fingerprint density at radius 3 is 2.65 bits per heavy atom. The molecule has 0 bridgehead atoms. The van der Waals surface area contributed by atoms with Crippen molar-refractivity contribution in [1.82, 2.24) is 5.32 Å². The van der Waals surface area contributed by atoms with Crippen LogP contribution in [-0.2, 0) is 0 Å². The second-order valence-electron chi connectivity index (χ2n) is 4.08. The Hall–Kier alpha value is -0.0600. The number of halogens is 3. The van der Waals surface area contributed by atoms with Crippen LogP contribution in [0.1, 0.15) is 24.2 Å². The minimum atomic E-state index is -0.144. The lowest BCUT2D eigenvalue weighted by Crippen LogP contribution is -2.39. The third kappa shape index (κ3) is 3.97. The van der Waals surface area contributed by atoms with Crippen LogP contribution >= 0.6 is 43.5 Å². The van der Waals surface area contributed by atoms with Gasteiger partial charge in [-0.15, -0.1) is 0 Å². The van der Waals surface area contributed by atoms with Crippen LogP contribution in [0.2, 0.25) is 5.02 Å². The molecule has 0 saturated heterocycles. The van der Waals surface area contributed by atoms with Gasteiger partial charge in [0, 0.05) is 15.8 Å². The van der Waals surface area contributed by atoms with Gasteiger partial charge in [-0.2, -0.15) is 0 Å². The molecular weight excluding hydrogens is 369 g/mol. The van der Waals surface area contributed by atoms with Crippen LogP contribution in [0.5, 0.6) is 0 Å². The fourth-order valence-corrected chi connectivity index (χ4v) is 2.80. The summed E-state index contributed by atoms with van der Waals surface area (Å²) < 4.78 is 0.728. The van der Waals surface area contributed by atoms with E-state index in [1.165, 1.54) is 0 Å². The third-order valence-corrected chi connectivity index (χ3v) is 4.48. The SMILES string of the molecule is CC(C)C(CBr)NC(=O)c1cccc(Br)c1Cl. The molecule has 0 saturated carbocycles. The molecule has 0 aliphatic carbocycles. The third-order valence-electron chi connectivity index (χ3n) is 2.48. The summed E-state index contributed by atoms with van der Waals surface area (Å²) in [5.74, 6) is 0.221. The Bertz CT molecular complexity index is 409. The molecule has 1 atom stereocenters. The van der Waals surface area contributed by atoms with E-state index in [1.54, 1.807) is 12.1 Å². The summed E-state index contributed by atoms with van der Waals surface area (Å²) in [7, 11) is 0. The molecule has 1 rings (SSSR count). The number of rotatable bonds is 4. The van der Waals surface area contributed by atoms with E-state index in [0.717, 1.165) is 9.80 Å². The molecule has 0 radical (unpaired) electrons. The van der Waals surface area contributed by atoms with Crippen molar-refractivity contribution in [2.45, 2.75) is 19.9 Å². The first-order chi connectivity index (χ1) is 7.97. The maximum absolute atomic E-state index is 12.1. The van der Waals surface area contributed by atoms with Crippen molar-refractivity contribution in [1.29, 1.82) is 0 Å². The molecule has 0 aliphatic rings. The predicted molar refractivity (Wildman–Crippen MR) is 79.0 cm³/mol. The zero-order valence-corrected chi connectivity index (χ0v) is 13.6. The van der Waals surface area contributed by atoms with E-state index < -0.39 is 0 Å². The second-order valence-corrected chi connectivity index (χ2v) is 5.96. The summed E-state index contributed by atoms with van der Waals surface area (Å²) in [6.07, 6.45) is 0. The molecule has 1 aromatic rings. The van der Waals surface area contributed by atoms with Gasteiger partial charge in [0.1, 0.15) is 0 Å². The normalized spacial score (nSPS) is 12.6. The zero-order valence-electron chi connectivity index (χ0n) is 9.64. The van der Waals surface area contributed by atoms with E-state index in [4.69, 9.17) is 11.6 Å². The van der Waals surface area contributed by atoms with E-state index in [-0.39, 0.29) is 11.9 Å². The summed E-state index contributed by atoms with van der Waals surface area (Å²) in [6, 6.07) is 5.42. The molecule has 0 aliphatic heterocycles. The smallest absolute Gasteiger partial charge is 0.253 e. The topological polar surface area (TPSA) is 29.1 Å². The number of hydrogen-bond acceptors (Lipinski definition) is 1. The Morgan fingerprint density at radius 1 is 1.47 bits per heavy atom. The molecule has 94 valence electrons. The van der Waals surface area contributed by atoms with Crippen LogP contribution in [-0.4, -0.2) is 17.3 Å². The van der Waals surface area contributed by atoms with Gasteiger partial charge in [0.2, 0.25) is 0 Å². The molecule has 17 heavy (non-hydrogen) atoms. The standard InChI is InChI=1S/C12H14Br2ClNO/c1-7(2)10(6-13)16-12(17)8-4-3-5-9(14)11(8)15/h3-5,7,10H,6H2,1-2H3,(H,16,17). The maximum Gasteiger partial charge on any atom is 0.253 e. The molecule has 2 nitrogen and oxygen atoms in total. The predicted octanol–water partition coefficient (Wildman–Crippen LogP) is 4.25. The highest BCUT2D eigenvalue weighted by molar-refractivity contribution is 9.10. The molecule has 1 amide bonds. The fourth-order valence-electron chi connectivity index (χ4n) is 1.31. The minimum Gasteiger partial charge on any atom is -0.348 e. The maximum atomic E-state index is 12.1. The van der Waals surface area contributed by atoms with Gasteiger partial charge in [-0.05, 0) is 34.0 Å². The van der Waals surface area contributed by atoms with Crippen LogP contribution in [0.4, 0.5) is 0 Å². The van der Waals surface area contributed by atoms with Crippen molar-refractivity contribution >= 4 is 49.4 Å². The van der Waals surface area contributed by atoms with Crippen molar-refractivity contribution in [3.05, 3.63) is 33.3 Å². The molecule has 0 spiro atoms. The van der Waals surface area contributed by atoms with Crippen molar-refractivity contribution in [2.24, 2.45) is 5.92 Å². The number of hydrogen-bond donors (Lipinski definition) is 1. The highest BCUT2D eigenvalue weighted by Crippen LogP contribution is 2.26. The molecule has 1 unspecified atom stereocenters. The van der Waals surface area contributed by atoms with Gasteiger partial charge in [-0.25, -0.2) is 0 Å². The molecule has 5 heteroatoms. The largest absolute Gasteiger partial charge is 0.348 e. The highest BCUT2D eigenvalue weighted by Gasteiger charge is 2.18. The van der Waals surface area contributed by atoms with E-state index in [1.807, 2.05) is 6.07 Å². The van der Waals surface area contributed by atoms with Crippen LogP contribution < -0.4 is 5.32 Å². The van der Waals surface area contributed by atoms with E-state index >= 15 is 0 Å². The van der Waals surface area contributed by atoms with Gasteiger partial charge in [0.15, 0.2) is 0 Å². The van der Waals surface area contributed by atoms with E-state index in [0.29, 0.717) is 16.5 Å². The highest BCUT2D eigenvalue weighted by atomic mass is 79.9. The molecular formula is C12H14Br2ClNO. The lowest BCUT2D eigenvalue weighted by molar-refractivity contribution is 0.0932. The Balaban J connectivity index is 2.86. The number of carbonyl (C=O) groups excluding carboxylic acids is 1. The second kappa shape index (κ2) is 6.76. The van der Waals surface area contributed by atoms with Crippen LogP contribution in [0.25, 0.3) is 0 Å². The quantitative estimate of drug-likeness (QED) is 0.774. The van der Waals surface area contributed by atoms with Crippen LogP contribution in [0, 0.1) is 5.92 Å². The molecule has 0 aromatic heterocycles. The summed E-state index contributed by atoms with van der Waals surface area (Å²) >= 11 is 12.8. The molecule has 0 heterocycles. The van der Waals surface area contributed by atoms with Gasteiger partial charge in [-0.3, -0.25) is 4.79 Å². The average Bonchev–Trinajstić information content (AvgIpc) is 2.28. The number of carbonyl (C=O) groups is 1. The summed E-state index contributed by atoms with van der Waals surface area (Å²) in [4.78, 5) is 12.1. The number of amides is 1. The van der Waals surface area contributed by atoms with Gasteiger partial charge in [0.25, 0.3) is 5.91 Å². The number of benzene rings is 1. The van der Waals surface area contributed by atoms with Crippen LogP contribution in [0.3, 0.4) is 0 Å². The lowest BCUT2D eigenvalue weighted by atomic mass is 10.1.